The Morgan fingerprint density at radius 3 is 2.52 bits per heavy atom. The molecular weight excluding hydrogens is 296 g/mol. The molecule has 6 nitrogen and oxygen atoms in total. The summed E-state index contributed by atoms with van der Waals surface area (Å²) in [6.07, 6.45) is 0.588. The lowest BCUT2D eigenvalue weighted by molar-refractivity contribution is -0.143. The molecule has 0 aliphatic heterocycles. The molecular formula is C14H19ClN2O4. The summed E-state index contributed by atoms with van der Waals surface area (Å²) in [5.74, 6) is -1.72. The number of pyridine rings is 1. The number of aromatic nitrogens is 1. The summed E-state index contributed by atoms with van der Waals surface area (Å²) in [6, 6.07) is 2.06. The molecule has 1 rings (SSSR count). The molecule has 1 aromatic rings. The van der Waals surface area contributed by atoms with E-state index in [4.69, 9.17) is 16.7 Å². The Hall–Kier alpha value is -1.66. The van der Waals surface area contributed by atoms with Gasteiger partial charge in [-0.05, 0) is 24.0 Å². The third-order valence-electron chi connectivity index (χ3n) is 2.84. The topological polar surface area (TPSA) is 99.5 Å². The first kappa shape index (κ1) is 17.4. The van der Waals surface area contributed by atoms with Crippen LogP contribution in [0.1, 0.15) is 25.8 Å². The van der Waals surface area contributed by atoms with Crippen LogP contribution in [0.15, 0.2) is 18.3 Å². The summed E-state index contributed by atoms with van der Waals surface area (Å²) in [4.78, 5) is 26.8. The van der Waals surface area contributed by atoms with Gasteiger partial charge in [0.2, 0.25) is 5.91 Å². The van der Waals surface area contributed by atoms with Gasteiger partial charge in [-0.25, -0.2) is 9.78 Å². The second-order valence-corrected chi connectivity index (χ2v) is 5.63. The monoisotopic (exact) mass is 314 g/mol. The van der Waals surface area contributed by atoms with Gasteiger partial charge >= 0.3 is 5.97 Å². The molecule has 2 atom stereocenters. The lowest BCUT2D eigenvalue weighted by atomic mass is 10.0. The molecule has 1 amide bonds. The molecule has 1 heterocycles. The first-order valence-electron chi connectivity index (χ1n) is 6.61. The summed E-state index contributed by atoms with van der Waals surface area (Å²) in [5.41, 5.74) is 0.630. The van der Waals surface area contributed by atoms with Crippen LogP contribution in [-0.4, -0.2) is 39.2 Å². The van der Waals surface area contributed by atoms with E-state index in [-0.39, 0.29) is 18.8 Å². The van der Waals surface area contributed by atoms with E-state index in [0.29, 0.717) is 10.7 Å². The fraction of sp³-hybridized carbons (Fsp3) is 0.500. The van der Waals surface area contributed by atoms with Crippen molar-refractivity contribution in [2.24, 2.45) is 5.92 Å². The Morgan fingerprint density at radius 1 is 1.38 bits per heavy atom. The summed E-state index contributed by atoms with van der Waals surface area (Å²) >= 11 is 5.65. The lowest BCUT2D eigenvalue weighted by Crippen LogP contribution is -2.46. The van der Waals surface area contributed by atoms with Gasteiger partial charge in [0.15, 0.2) is 0 Å². The van der Waals surface area contributed by atoms with E-state index in [9.17, 15) is 14.7 Å². The molecule has 0 bridgehead atoms. The van der Waals surface area contributed by atoms with E-state index in [1.807, 2.05) is 13.8 Å². The summed E-state index contributed by atoms with van der Waals surface area (Å²) in [7, 11) is 0. The number of carbonyl (C=O) groups is 2. The second-order valence-electron chi connectivity index (χ2n) is 5.24. The summed E-state index contributed by atoms with van der Waals surface area (Å²) in [5, 5.41) is 21.5. The fourth-order valence-corrected chi connectivity index (χ4v) is 1.90. The normalized spacial score (nSPS) is 13.8. The average molecular weight is 315 g/mol. The van der Waals surface area contributed by atoms with E-state index in [0.717, 1.165) is 0 Å². The number of carboxylic acid groups (broad SMARTS) is 1. The summed E-state index contributed by atoms with van der Waals surface area (Å²) in [6.45, 7) is 3.73. The maximum atomic E-state index is 11.8. The van der Waals surface area contributed by atoms with Gasteiger partial charge in [-0.1, -0.05) is 31.5 Å². The van der Waals surface area contributed by atoms with Gasteiger partial charge in [-0.3, -0.25) is 4.79 Å². The van der Waals surface area contributed by atoms with Crippen LogP contribution < -0.4 is 5.32 Å². The second kappa shape index (κ2) is 7.95. The van der Waals surface area contributed by atoms with E-state index >= 15 is 0 Å². The zero-order chi connectivity index (χ0) is 16.0. The third-order valence-corrected chi connectivity index (χ3v) is 3.06. The molecule has 1 aromatic heterocycles. The van der Waals surface area contributed by atoms with Crippen LogP contribution in [0.4, 0.5) is 0 Å². The van der Waals surface area contributed by atoms with Crippen LogP contribution in [0.2, 0.25) is 5.15 Å². The van der Waals surface area contributed by atoms with Crippen LogP contribution in [0, 0.1) is 5.92 Å². The minimum Gasteiger partial charge on any atom is -0.480 e. The molecule has 3 N–H and O–H groups in total. The van der Waals surface area contributed by atoms with Crippen molar-refractivity contribution in [1.29, 1.82) is 0 Å². The van der Waals surface area contributed by atoms with Gasteiger partial charge < -0.3 is 15.5 Å². The molecule has 116 valence electrons. The highest BCUT2D eigenvalue weighted by Crippen LogP contribution is 2.09. The largest absolute Gasteiger partial charge is 0.480 e. The van der Waals surface area contributed by atoms with E-state index < -0.39 is 24.0 Å². The standard InChI is InChI=1S/C14H19ClN2O4/c1-8(2)5-11(18)13(19)17-10(14(20)21)6-9-3-4-12(15)16-7-9/h3-4,7-8,10-11,18H,5-6H2,1-2H3,(H,17,19)(H,20,21)/t10-,11-/m0/s1. The number of nitrogens with one attached hydrogen (secondary N) is 1. The summed E-state index contributed by atoms with van der Waals surface area (Å²) < 4.78 is 0. The van der Waals surface area contributed by atoms with Crippen molar-refractivity contribution < 1.29 is 19.8 Å². The van der Waals surface area contributed by atoms with Gasteiger partial charge in [0.05, 0.1) is 0 Å². The predicted molar refractivity (Wildman–Crippen MR) is 78.0 cm³/mol. The first-order chi connectivity index (χ1) is 9.79. The number of aliphatic hydroxyl groups is 1. The van der Waals surface area contributed by atoms with Gasteiger partial charge in [-0.2, -0.15) is 0 Å². The lowest BCUT2D eigenvalue weighted by Gasteiger charge is -2.18. The highest BCUT2D eigenvalue weighted by Gasteiger charge is 2.24. The fourth-order valence-electron chi connectivity index (χ4n) is 1.78. The minimum absolute atomic E-state index is 0.0691. The number of carbonyl (C=O) groups excluding carboxylic acids is 1. The molecule has 0 saturated heterocycles. The molecule has 21 heavy (non-hydrogen) atoms. The van der Waals surface area contributed by atoms with Crippen LogP contribution in [0.25, 0.3) is 0 Å². The predicted octanol–water partition coefficient (Wildman–Crippen LogP) is 1.25. The zero-order valence-electron chi connectivity index (χ0n) is 11.9. The molecule has 0 spiro atoms. The van der Waals surface area contributed by atoms with Gasteiger partial charge in [0.25, 0.3) is 0 Å². The van der Waals surface area contributed by atoms with Crippen LogP contribution >= 0.6 is 11.6 Å². The molecule has 0 saturated carbocycles. The number of carboxylic acids is 1. The maximum Gasteiger partial charge on any atom is 0.326 e. The Balaban J connectivity index is 2.67. The zero-order valence-corrected chi connectivity index (χ0v) is 12.7. The van der Waals surface area contributed by atoms with Gasteiger partial charge in [-0.15, -0.1) is 0 Å². The van der Waals surface area contributed by atoms with Crippen molar-refractivity contribution in [2.45, 2.75) is 38.8 Å². The van der Waals surface area contributed by atoms with Crippen molar-refractivity contribution in [3.63, 3.8) is 0 Å². The van der Waals surface area contributed by atoms with Crippen molar-refractivity contribution in [1.82, 2.24) is 10.3 Å². The number of aliphatic carboxylic acids is 1. The van der Waals surface area contributed by atoms with E-state index in [2.05, 4.69) is 10.3 Å². The van der Waals surface area contributed by atoms with E-state index in [1.165, 1.54) is 6.20 Å². The smallest absolute Gasteiger partial charge is 0.326 e. The Labute approximate surface area is 128 Å². The number of hydrogen-bond acceptors (Lipinski definition) is 4. The minimum atomic E-state index is -1.21. The van der Waals surface area contributed by atoms with Crippen molar-refractivity contribution in [3.8, 4) is 0 Å². The molecule has 0 fully saturated rings. The van der Waals surface area contributed by atoms with Crippen LogP contribution in [0.3, 0.4) is 0 Å². The molecule has 0 aromatic carbocycles. The number of amides is 1. The molecule has 0 aliphatic carbocycles. The average Bonchev–Trinajstić information content (AvgIpc) is 2.39. The van der Waals surface area contributed by atoms with Crippen LogP contribution in [-0.2, 0) is 16.0 Å². The highest BCUT2D eigenvalue weighted by molar-refractivity contribution is 6.29. The van der Waals surface area contributed by atoms with Crippen LogP contribution in [0.5, 0.6) is 0 Å². The van der Waals surface area contributed by atoms with Crippen molar-refractivity contribution in [2.75, 3.05) is 0 Å². The number of hydrogen-bond donors (Lipinski definition) is 3. The quantitative estimate of drug-likeness (QED) is 0.658. The van der Waals surface area contributed by atoms with Crippen molar-refractivity contribution >= 4 is 23.5 Å². The number of halogens is 1. The maximum absolute atomic E-state index is 11.8. The number of aliphatic hydroxyl groups excluding tert-OH is 1. The Kier molecular flexibility index (Phi) is 6.58. The molecule has 0 radical (unpaired) electrons. The van der Waals surface area contributed by atoms with Crippen molar-refractivity contribution in [3.05, 3.63) is 29.0 Å². The molecule has 0 unspecified atom stereocenters. The van der Waals surface area contributed by atoms with Gasteiger partial charge in [0, 0.05) is 12.6 Å². The SMILES string of the molecule is CC(C)C[C@H](O)C(=O)N[C@@H](Cc1ccc(Cl)nc1)C(=O)O. The Bertz CT molecular complexity index is 490. The first-order valence-corrected chi connectivity index (χ1v) is 6.99. The van der Waals surface area contributed by atoms with E-state index in [1.54, 1.807) is 12.1 Å². The number of nitrogens with zero attached hydrogens (tertiary/aromatic N) is 1. The molecule has 7 heteroatoms. The Morgan fingerprint density at radius 2 is 2.05 bits per heavy atom. The number of rotatable bonds is 7. The highest BCUT2D eigenvalue weighted by atomic mass is 35.5. The molecule has 0 aliphatic rings. The van der Waals surface area contributed by atoms with Gasteiger partial charge in [0.1, 0.15) is 17.3 Å². The third kappa shape index (κ3) is 6.10.